The minimum Gasteiger partial charge on any atom is -0.308 e. The highest BCUT2D eigenvalue weighted by molar-refractivity contribution is 6.13. The Bertz CT molecular complexity index is 3740. The Kier molecular flexibility index (Phi) is 11.1. The molecule has 0 spiro atoms. The van der Waals surface area contributed by atoms with E-state index in [1.807, 2.05) is 0 Å². The van der Waals surface area contributed by atoms with Gasteiger partial charge in [-0.3, -0.25) is 0 Å². The number of aromatic nitrogens is 3. The molecule has 2 aromatic heterocycles. The number of fused-ring (bicyclic) bond motifs is 3. The summed E-state index contributed by atoms with van der Waals surface area (Å²) in [5.74, 6) is 0.659. The van der Waals surface area contributed by atoms with Gasteiger partial charge in [0.05, 0.1) is 28.1 Å². The molecular weight excluding hydrogens is 859 g/mol. The van der Waals surface area contributed by atoms with E-state index in [4.69, 9.17) is 9.97 Å². The Balaban J connectivity index is 1.15. The van der Waals surface area contributed by atoms with Crippen LogP contribution in [0.3, 0.4) is 0 Å². The molecule has 12 aromatic rings. The lowest BCUT2D eigenvalue weighted by atomic mass is 9.85. The normalized spacial score (nSPS) is 11.6. The van der Waals surface area contributed by atoms with Crippen molar-refractivity contribution in [1.29, 1.82) is 0 Å². The number of hydrogen-bond acceptors (Lipinski definition) is 2. The molecular formula is C68H51N3. The number of benzene rings is 10. The van der Waals surface area contributed by atoms with E-state index in [-0.39, 0.29) is 5.41 Å². The first-order valence-corrected chi connectivity index (χ1v) is 24.5. The minimum absolute atomic E-state index is 0.0143. The molecule has 12 rings (SSSR count). The zero-order chi connectivity index (χ0) is 47.9. The van der Waals surface area contributed by atoms with Crippen molar-refractivity contribution in [3.05, 3.63) is 260 Å². The summed E-state index contributed by atoms with van der Waals surface area (Å²) in [5, 5.41) is 2.39. The predicted octanol–water partition coefficient (Wildman–Crippen LogP) is 18.2. The van der Waals surface area contributed by atoms with Gasteiger partial charge < -0.3 is 4.57 Å². The monoisotopic (exact) mass is 909 g/mol. The minimum atomic E-state index is -0.0143. The van der Waals surface area contributed by atoms with Gasteiger partial charge in [-0.05, 0) is 98.0 Å². The van der Waals surface area contributed by atoms with Crippen molar-refractivity contribution in [3.63, 3.8) is 0 Å². The molecule has 2 heterocycles. The average molecular weight is 910 g/mol. The third-order valence-corrected chi connectivity index (χ3v) is 13.8. The van der Waals surface area contributed by atoms with E-state index in [9.17, 15) is 0 Å². The Morgan fingerprint density at radius 3 is 1.08 bits per heavy atom. The predicted molar refractivity (Wildman–Crippen MR) is 299 cm³/mol. The third kappa shape index (κ3) is 8.42. The van der Waals surface area contributed by atoms with Crippen LogP contribution in [-0.4, -0.2) is 14.5 Å². The molecule has 338 valence electrons. The molecule has 0 unspecified atom stereocenters. The van der Waals surface area contributed by atoms with Crippen LogP contribution >= 0.6 is 0 Å². The van der Waals surface area contributed by atoms with E-state index < -0.39 is 0 Å². The quantitative estimate of drug-likeness (QED) is 0.144. The Morgan fingerprint density at radius 2 is 0.634 bits per heavy atom. The molecule has 0 radical (unpaired) electrons. The van der Waals surface area contributed by atoms with Crippen molar-refractivity contribution >= 4 is 21.8 Å². The number of rotatable bonds is 9. The summed E-state index contributed by atoms with van der Waals surface area (Å²) in [6.45, 7) is 6.82. The SMILES string of the molecule is CC(C)(C)c1ccc(-c2cc(-c3nc(-c4ccccc4)cc(-c4ccc(-c5ccccc5)cc4)n3)cc(-c3ccccc3)c2-n2c3ccc(-c4ccccc4)cc3c3cc(-c4ccccc4)ccc32)cc1. The summed E-state index contributed by atoms with van der Waals surface area (Å²) in [6.07, 6.45) is 0. The van der Waals surface area contributed by atoms with Gasteiger partial charge in [-0.25, -0.2) is 9.97 Å². The second-order valence-electron chi connectivity index (χ2n) is 19.4. The van der Waals surface area contributed by atoms with E-state index in [0.717, 1.165) is 72.6 Å². The van der Waals surface area contributed by atoms with E-state index in [0.29, 0.717) is 5.82 Å². The summed E-state index contributed by atoms with van der Waals surface area (Å²) in [6, 6.07) is 91.8. The van der Waals surface area contributed by atoms with Crippen LogP contribution in [0.5, 0.6) is 0 Å². The molecule has 0 aliphatic rings. The fraction of sp³-hybridized carbons (Fsp3) is 0.0588. The van der Waals surface area contributed by atoms with Gasteiger partial charge in [-0.1, -0.05) is 233 Å². The van der Waals surface area contributed by atoms with Crippen LogP contribution in [0.2, 0.25) is 0 Å². The van der Waals surface area contributed by atoms with Gasteiger partial charge in [0.1, 0.15) is 0 Å². The molecule has 0 aliphatic carbocycles. The lowest BCUT2D eigenvalue weighted by Gasteiger charge is -2.23. The van der Waals surface area contributed by atoms with E-state index in [1.165, 1.54) is 44.2 Å². The maximum absolute atomic E-state index is 5.47. The van der Waals surface area contributed by atoms with Gasteiger partial charge in [0.25, 0.3) is 0 Å². The zero-order valence-corrected chi connectivity index (χ0v) is 40.1. The van der Waals surface area contributed by atoms with E-state index in [2.05, 4.69) is 280 Å². The van der Waals surface area contributed by atoms with Crippen molar-refractivity contribution in [2.75, 3.05) is 0 Å². The molecule has 3 nitrogen and oxygen atoms in total. The van der Waals surface area contributed by atoms with Crippen LogP contribution in [0.1, 0.15) is 26.3 Å². The summed E-state index contributed by atoms with van der Waals surface area (Å²) >= 11 is 0. The summed E-state index contributed by atoms with van der Waals surface area (Å²) in [5.41, 5.74) is 20.8. The zero-order valence-electron chi connectivity index (χ0n) is 40.1. The fourth-order valence-electron chi connectivity index (χ4n) is 10.0. The summed E-state index contributed by atoms with van der Waals surface area (Å²) in [7, 11) is 0. The second-order valence-corrected chi connectivity index (χ2v) is 19.4. The average Bonchev–Trinajstić information content (AvgIpc) is 3.76. The van der Waals surface area contributed by atoms with Crippen LogP contribution in [0.25, 0.3) is 117 Å². The van der Waals surface area contributed by atoms with Crippen LogP contribution in [-0.2, 0) is 5.41 Å². The maximum atomic E-state index is 5.47. The van der Waals surface area contributed by atoms with Crippen molar-refractivity contribution in [2.24, 2.45) is 0 Å². The smallest absolute Gasteiger partial charge is 0.160 e. The summed E-state index contributed by atoms with van der Waals surface area (Å²) < 4.78 is 2.51. The highest BCUT2D eigenvalue weighted by Crippen LogP contribution is 2.46. The molecule has 3 heteroatoms. The first kappa shape index (κ1) is 43.4. The fourth-order valence-corrected chi connectivity index (χ4v) is 10.0. The lowest BCUT2D eigenvalue weighted by Crippen LogP contribution is -2.10. The molecule has 10 aromatic carbocycles. The molecule has 0 amide bonds. The topological polar surface area (TPSA) is 30.7 Å². The van der Waals surface area contributed by atoms with Crippen LogP contribution < -0.4 is 0 Å². The van der Waals surface area contributed by atoms with Gasteiger partial charge >= 0.3 is 0 Å². The molecule has 0 N–H and O–H groups in total. The van der Waals surface area contributed by atoms with Gasteiger partial charge in [0.15, 0.2) is 5.82 Å². The van der Waals surface area contributed by atoms with E-state index >= 15 is 0 Å². The van der Waals surface area contributed by atoms with Crippen LogP contribution in [0, 0.1) is 0 Å². The molecule has 0 fully saturated rings. The third-order valence-electron chi connectivity index (χ3n) is 13.8. The van der Waals surface area contributed by atoms with Crippen molar-refractivity contribution in [1.82, 2.24) is 14.5 Å². The van der Waals surface area contributed by atoms with Gasteiger partial charge in [-0.2, -0.15) is 0 Å². The van der Waals surface area contributed by atoms with Gasteiger partial charge in [-0.15, -0.1) is 0 Å². The highest BCUT2D eigenvalue weighted by atomic mass is 15.0. The van der Waals surface area contributed by atoms with E-state index in [1.54, 1.807) is 0 Å². The molecule has 0 saturated carbocycles. The number of nitrogens with zero attached hydrogens (tertiary/aromatic N) is 3. The van der Waals surface area contributed by atoms with Gasteiger partial charge in [0, 0.05) is 38.6 Å². The first-order chi connectivity index (χ1) is 34.8. The highest BCUT2D eigenvalue weighted by Gasteiger charge is 2.24. The number of hydrogen-bond donors (Lipinski definition) is 0. The van der Waals surface area contributed by atoms with Crippen molar-refractivity contribution in [2.45, 2.75) is 26.2 Å². The molecule has 0 atom stereocenters. The Morgan fingerprint density at radius 1 is 0.296 bits per heavy atom. The van der Waals surface area contributed by atoms with Crippen molar-refractivity contribution in [3.8, 4) is 95.2 Å². The van der Waals surface area contributed by atoms with Crippen molar-refractivity contribution < 1.29 is 0 Å². The molecule has 0 bridgehead atoms. The Hall–Kier alpha value is -8.92. The molecule has 71 heavy (non-hydrogen) atoms. The van der Waals surface area contributed by atoms with Crippen LogP contribution in [0.15, 0.2) is 255 Å². The largest absolute Gasteiger partial charge is 0.308 e. The maximum Gasteiger partial charge on any atom is 0.160 e. The van der Waals surface area contributed by atoms with Crippen LogP contribution in [0.4, 0.5) is 0 Å². The lowest BCUT2D eigenvalue weighted by molar-refractivity contribution is 0.590. The Labute approximate surface area is 416 Å². The second kappa shape index (κ2) is 18.2. The molecule has 0 saturated heterocycles. The van der Waals surface area contributed by atoms with Gasteiger partial charge in [0.2, 0.25) is 0 Å². The summed E-state index contributed by atoms with van der Waals surface area (Å²) in [4.78, 5) is 10.9. The standard InChI is InChI=1S/C68H51N3/c1-68(2,3)57-37-33-51(34-38-57)59-44-56(67-69-62(52-27-17-8-18-28-52)45-63(70-67)53-31-29-49(30-32-53)46-19-9-4-10-20-46)43-58(50-25-15-7-16-26-50)66(59)71-64-39-35-54(47-21-11-5-12-22-47)41-60(64)61-42-55(36-40-65(61)71)48-23-13-6-14-24-48/h4-45H,1-3H3. The first-order valence-electron chi connectivity index (χ1n) is 24.5. The molecule has 0 aliphatic heterocycles.